The third-order valence-electron chi connectivity index (χ3n) is 7.96. The number of H-pyrrole nitrogens is 1. The first-order chi connectivity index (χ1) is 18.9. The number of benzene rings is 1. The van der Waals surface area contributed by atoms with Crippen LogP contribution in [0.3, 0.4) is 0 Å². The highest BCUT2D eigenvalue weighted by Gasteiger charge is 2.40. The Labute approximate surface area is 232 Å². The van der Waals surface area contributed by atoms with Crippen LogP contribution < -0.4 is 15.6 Å². The maximum atomic E-state index is 14.3. The normalized spacial score (nSPS) is 19.2. The minimum atomic E-state index is -0.211. The molecule has 0 spiro atoms. The predicted molar refractivity (Wildman–Crippen MR) is 152 cm³/mol. The fraction of sp³-hybridized carbons (Fsp3) is 0.613. The second-order valence-corrected chi connectivity index (χ2v) is 11.0. The summed E-state index contributed by atoms with van der Waals surface area (Å²) in [7, 11) is 5.18. The van der Waals surface area contributed by atoms with E-state index in [1.54, 1.807) is 27.4 Å². The molecule has 2 N–H and O–H groups in total. The molecule has 1 aliphatic heterocycles. The Balaban J connectivity index is 1.63. The highest BCUT2D eigenvalue weighted by Crippen LogP contribution is 2.38. The number of aromatic amines is 1. The van der Waals surface area contributed by atoms with Crippen LogP contribution in [-0.4, -0.2) is 69.5 Å². The van der Waals surface area contributed by atoms with Gasteiger partial charge in [0.2, 0.25) is 11.5 Å². The van der Waals surface area contributed by atoms with Gasteiger partial charge in [-0.1, -0.05) is 12.1 Å². The molecule has 0 radical (unpaired) electrons. The number of nitrogens with one attached hydrogen (secondary N) is 2. The molecule has 4 rings (SSSR count). The third-order valence-corrected chi connectivity index (χ3v) is 7.96. The molecule has 1 aromatic carbocycles. The number of rotatable bonds is 14. The summed E-state index contributed by atoms with van der Waals surface area (Å²) in [6.07, 6.45) is 6.50. The van der Waals surface area contributed by atoms with Gasteiger partial charge in [0, 0.05) is 63.9 Å². The van der Waals surface area contributed by atoms with Gasteiger partial charge in [-0.3, -0.25) is 9.59 Å². The summed E-state index contributed by atoms with van der Waals surface area (Å²) in [6.45, 7) is 5.29. The van der Waals surface area contributed by atoms with Crippen LogP contribution in [0, 0.1) is 12.8 Å². The molecule has 8 nitrogen and oxygen atoms in total. The molecule has 1 aliphatic carbocycles. The summed E-state index contributed by atoms with van der Waals surface area (Å²) in [5, 5.41) is 3.44. The SMILES string of the molecule is COCCCc1cc(CCCOC)c(OC)c(CN(C(=O)C2CNCCC2c2cc(C)[nH]c(=O)c2)C2CC2)c1. The molecule has 2 unspecified atom stereocenters. The molecule has 1 saturated heterocycles. The zero-order valence-corrected chi connectivity index (χ0v) is 24.0. The minimum Gasteiger partial charge on any atom is -0.496 e. The number of hydrogen-bond acceptors (Lipinski definition) is 6. The number of carbonyl (C=O) groups excluding carboxylic acids is 1. The standard InChI is InChI=1S/C31H45N3O5/c1-21-15-24(18-29(35)33-21)27-11-12-32-19-28(27)31(36)34(26-9-10-26)20-25-17-22(7-5-13-37-2)16-23(30(25)39-4)8-6-14-38-3/h15-18,26-28,32H,5-14,19-20H2,1-4H3,(H,33,35). The number of aromatic nitrogens is 1. The Morgan fingerprint density at radius 1 is 0.974 bits per heavy atom. The second-order valence-electron chi connectivity index (χ2n) is 11.0. The van der Waals surface area contributed by atoms with Crippen LogP contribution in [0.1, 0.15) is 66.0 Å². The summed E-state index contributed by atoms with van der Waals surface area (Å²) in [5.74, 6) is 0.856. The smallest absolute Gasteiger partial charge is 0.248 e. The van der Waals surface area contributed by atoms with Crippen molar-refractivity contribution in [2.75, 3.05) is 47.6 Å². The lowest BCUT2D eigenvalue weighted by molar-refractivity contribution is -0.138. The van der Waals surface area contributed by atoms with E-state index in [2.05, 4.69) is 27.3 Å². The fourth-order valence-electron chi connectivity index (χ4n) is 5.97. The van der Waals surface area contributed by atoms with E-state index in [0.29, 0.717) is 26.3 Å². The number of aryl methyl sites for hydroxylation is 3. The number of hydrogen-bond donors (Lipinski definition) is 2. The van der Waals surface area contributed by atoms with Gasteiger partial charge in [-0.25, -0.2) is 0 Å². The maximum absolute atomic E-state index is 14.3. The van der Waals surface area contributed by atoms with Gasteiger partial charge in [-0.15, -0.1) is 0 Å². The average molecular weight is 540 g/mol. The number of piperidine rings is 1. The van der Waals surface area contributed by atoms with Crippen LogP contribution in [0.5, 0.6) is 5.75 Å². The van der Waals surface area contributed by atoms with Crippen LogP contribution in [0.2, 0.25) is 0 Å². The number of carbonyl (C=O) groups is 1. The van der Waals surface area contributed by atoms with Gasteiger partial charge in [0.05, 0.1) is 13.0 Å². The number of methoxy groups -OCH3 is 3. The zero-order valence-electron chi connectivity index (χ0n) is 24.0. The maximum Gasteiger partial charge on any atom is 0.248 e. The predicted octanol–water partition coefficient (Wildman–Crippen LogP) is 3.73. The van der Waals surface area contributed by atoms with Crippen molar-refractivity contribution >= 4 is 5.91 Å². The van der Waals surface area contributed by atoms with Crippen LogP contribution in [0.4, 0.5) is 0 Å². The van der Waals surface area contributed by atoms with Gasteiger partial charge in [0.1, 0.15) is 5.75 Å². The highest BCUT2D eigenvalue weighted by molar-refractivity contribution is 5.81. The third kappa shape index (κ3) is 7.71. The summed E-state index contributed by atoms with van der Waals surface area (Å²) in [6, 6.07) is 8.41. The lowest BCUT2D eigenvalue weighted by atomic mass is 9.80. The first-order valence-corrected chi connectivity index (χ1v) is 14.3. The van der Waals surface area contributed by atoms with Crippen LogP contribution >= 0.6 is 0 Å². The van der Waals surface area contributed by atoms with Crippen molar-refractivity contribution < 1.29 is 19.0 Å². The molecule has 214 valence electrons. The minimum absolute atomic E-state index is 0.0212. The fourth-order valence-corrected chi connectivity index (χ4v) is 5.97. The van der Waals surface area contributed by atoms with E-state index in [0.717, 1.165) is 74.1 Å². The van der Waals surface area contributed by atoms with E-state index >= 15 is 0 Å². The Bertz CT molecular complexity index is 1160. The van der Waals surface area contributed by atoms with Crippen molar-refractivity contribution in [3.63, 3.8) is 0 Å². The topological polar surface area (TPSA) is 92.9 Å². The van der Waals surface area contributed by atoms with Crippen molar-refractivity contribution in [2.24, 2.45) is 5.92 Å². The van der Waals surface area contributed by atoms with Crippen molar-refractivity contribution in [1.29, 1.82) is 0 Å². The van der Waals surface area contributed by atoms with Crippen molar-refractivity contribution in [1.82, 2.24) is 15.2 Å². The van der Waals surface area contributed by atoms with E-state index in [1.165, 1.54) is 11.1 Å². The van der Waals surface area contributed by atoms with Crippen molar-refractivity contribution in [2.45, 2.75) is 70.4 Å². The first kappa shape index (κ1) is 29.3. The van der Waals surface area contributed by atoms with E-state index < -0.39 is 0 Å². The van der Waals surface area contributed by atoms with Gasteiger partial charge < -0.3 is 29.4 Å². The largest absolute Gasteiger partial charge is 0.496 e. The number of nitrogens with zero attached hydrogens (tertiary/aromatic N) is 1. The molecule has 2 aliphatic rings. The summed E-state index contributed by atoms with van der Waals surface area (Å²) in [5.41, 5.74) is 5.16. The monoisotopic (exact) mass is 539 g/mol. The molecular formula is C31H45N3O5. The second kappa shape index (κ2) is 14.1. The molecule has 8 heteroatoms. The molecule has 2 atom stereocenters. The van der Waals surface area contributed by atoms with E-state index in [1.807, 2.05) is 13.0 Å². The molecule has 2 aromatic rings. The molecule has 1 amide bonds. The summed E-state index contributed by atoms with van der Waals surface area (Å²) in [4.78, 5) is 31.4. The van der Waals surface area contributed by atoms with Gasteiger partial charge in [0.25, 0.3) is 0 Å². The van der Waals surface area contributed by atoms with Crippen molar-refractivity contribution in [3.05, 3.63) is 62.6 Å². The Kier molecular flexibility index (Phi) is 10.6. The first-order valence-electron chi connectivity index (χ1n) is 14.3. The lowest BCUT2D eigenvalue weighted by Crippen LogP contribution is -2.47. The van der Waals surface area contributed by atoms with Gasteiger partial charge in [0.15, 0.2) is 0 Å². The Hall–Kier alpha value is -2.68. The lowest BCUT2D eigenvalue weighted by Gasteiger charge is -2.36. The average Bonchev–Trinajstić information content (AvgIpc) is 3.76. The molecule has 2 fully saturated rings. The zero-order chi connectivity index (χ0) is 27.8. The summed E-state index contributed by atoms with van der Waals surface area (Å²) >= 11 is 0. The van der Waals surface area contributed by atoms with Gasteiger partial charge >= 0.3 is 0 Å². The van der Waals surface area contributed by atoms with Crippen LogP contribution in [0.25, 0.3) is 0 Å². The number of amides is 1. The molecule has 1 aromatic heterocycles. The highest BCUT2D eigenvalue weighted by atomic mass is 16.5. The molecule has 0 bridgehead atoms. The van der Waals surface area contributed by atoms with Crippen molar-refractivity contribution in [3.8, 4) is 5.75 Å². The van der Waals surface area contributed by atoms with E-state index in [-0.39, 0.29) is 29.3 Å². The Morgan fingerprint density at radius 2 is 1.69 bits per heavy atom. The quantitative estimate of drug-likeness (QED) is 0.356. The number of pyridine rings is 1. The molecular weight excluding hydrogens is 494 g/mol. The summed E-state index contributed by atoms with van der Waals surface area (Å²) < 4.78 is 16.6. The number of ether oxygens (including phenoxy) is 3. The van der Waals surface area contributed by atoms with Crippen LogP contribution in [0.15, 0.2) is 29.1 Å². The van der Waals surface area contributed by atoms with Crippen LogP contribution in [-0.2, 0) is 33.7 Å². The molecule has 1 saturated carbocycles. The Morgan fingerprint density at radius 3 is 2.36 bits per heavy atom. The van der Waals surface area contributed by atoms with Gasteiger partial charge in [-0.2, -0.15) is 0 Å². The molecule has 2 heterocycles. The van der Waals surface area contributed by atoms with Gasteiger partial charge in [-0.05, 0) is 87.1 Å². The van der Waals surface area contributed by atoms with E-state index in [4.69, 9.17) is 14.2 Å². The molecule has 39 heavy (non-hydrogen) atoms. The van der Waals surface area contributed by atoms with E-state index in [9.17, 15) is 9.59 Å².